The third-order valence-corrected chi connectivity index (χ3v) is 5.28. The maximum atomic E-state index is 12.6. The van der Waals surface area contributed by atoms with Crippen LogP contribution in [0.2, 0.25) is 0 Å². The van der Waals surface area contributed by atoms with Gasteiger partial charge in [0.2, 0.25) is 5.91 Å². The van der Waals surface area contributed by atoms with Gasteiger partial charge in [-0.05, 0) is 53.4 Å². The topological polar surface area (TPSA) is 74.1 Å². The molecule has 4 aromatic rings. The van der Waals surface area contributed by atoms with E-state index in [4.69, 9.17) is 10.00 Å². The summed E-state index contributed by atoms with van der Waals surface area (Å²) in [5.74, 6) is 0.557. The lowest BCUT2D eigenvalue weighted by atomic mass is 10.0. The van der Waals surface area contributed by atoms with Crippen molar-refractivity contribution in [2.45, 2.75) is 13.0 Å². The Morgan fingerprint density at radius 1 is 0.824 bits per heavy atom. The molecule has 0 aromatic heterocycles. The molecule has 34 heavy (non-hydrogen) atoms. The number of hydrogen-bond donors (Lipinski definition) is 2. The van der Waals surface area contributed by atoms with Crippen LogP contribution in [0.25, 0.3) is 0 Å². The van der Waals surface area contributed by atoms with E-state index in [0.717, 1.165) is 28.9 Å². The average Bonchev–Trinajstić information content (AvgIpc) is 2.88. The summed E-state index contributed by atoms with van der Waals surface area (Å²) >= 11 is 0. The second kappa shape index (κ2) is 11.3. The lowest BCUT2D eigenvalue weighted by Gasteiger charge is -2.13. The number of nitriles is 1. The summed E-state index contributed by atoms with van der Waals surface area (Å²) in [6, 6.07) is 35.0. The summed E-state index contributed by atoms with van der Waals surface area (Å²) in [4.78, 5) is 12.6. The highest BCUT2D eigenvalue weighted by molar-refractivity contribution is 5.94. The van der Waals surface area contributed by atoms with Gasteiger partial charge < -0.3 is 15.4 Å². The van der Waals surface area contributed by atoms with E-state index < -0.39 is 0 Å². The Kier molecular flexibility index (Phi) is 7.55. The first-order valence-electron chi connectivity index (χ1n) is 11.1. The van der Waals surface area contributed by atoms with Crippen LogP contribution in [0.3, 0.4) is 0 Å². The number of benzene rings is 4. The minimum absolute atomic E-state index is 0.125. The molecule has 0 saturated heterocycles. The van der Waals surface area contributed by atoms with E-state index in [1.165, 1.54) is 5.56 Å². The molecule has 0 aliphatic rings. The van der Waals surface area contributed by atoms with Gasteiger partial charge in [0.15, 0.2) is 0 Å². The van der Waals surface area contributed by atoms with Crippen LogP contribution in [0.1, 0.15) is 22.3 Å². The van der Waals surface area contributed by atoms with Crippen molar-refractivity contribution in [3.8, 4) is 11.8 Å². The Balaban J connectivity index is 1.32. The Morgan fingerprint density at radius 3 is 2.44 bits per heavy atom. The maximum absolute atomic E-state index is 12.6. The predicted molar refractivity (Wildman–Crippen MR) is 135 cm³/mol. The summed E-state index contributed by atoms with van der Waals surface area (Å²) in [5.41, 5.74) is 5.39. The van der Waals surface area contributed by atoms with Crippen molar-refractivity contribution < 1.29 is 9.53 Å². The Morgan fingerprint density at radius 2 is 1.59 bits per heavy atom. The van der Waals surface area contributed by atoms with E-state index >= 15 is 0 Å². The summed E-state index contributed by atoms with van der Waals surface area (Å²) in [6.07, 6.45) is 0.751. The molecule has 0 unspecified atom stereocenters. The number of anilines is 2. The number of ether oxygens (including phenoxy) is 1. The smallest absolute Gasteiger partial charge is 0.243 e. The van der Waals surface area contributed by atoms with E-state index in [0.29, 0.717) is 17.9 Å². The van der Waals surface area contributed by atoms with Crippen LogP contribution in [0.4, 0.5) is 11.4 Å². The zero-order valence-corrected chi connectivity index (χ0v) is 18.7. The van der Waals surface area contributed by atoms with Gasteiger partial charge in [-0.25, -0.2) is 0 Å². The first-order valence-corrected chi connectivity index (χ1v) is 11.1. The molecule has 4 aromatic carbocycles. The highest BCUT2D eigenvalue weighted by atomic mass is 16.5. The molecule has 5 heteroatoms. The predicted octanol–water partition coefficient (Wildman–Crippen LogP) is 5.78. The van der Waals surface area contributed by atoms with Crippen LogP contribution in [0, 0.1) is 11.3 Å². The largest absolute Gasteiger partial charge is 0.489 e. The number of para-hydroxylation sites is 1. The first-order chi connectivity index (χ1) is 16.7. The van der Waals surface area contributed by atoms with E-state index in [2.05, 4.69) is 28.8 Å². The highest BCUT2D eigenvalue weighted by Crippen LogP contribution is 2.21. The second-order valence-electron chi connectivity index (χ2n) is 7.85. The normalized spacial score (nSPS) is 10.2. The molecule has 0 atom stereocenters. The van der Waals surface area contributed by atoms with Crippen molar-refractivity contribution in [2.24, 2.45) is 0 Å². The van der Waals surface area contributed by atoms with Gasteiger partial charge in [-0.3, -0.25) is 4.79 Å². The van der Waals surface area contributed by atoms with Crippen molar-refractivity contribution in [1.29, 1.82) is 5.26 Å². The molecule has 4 rings (SSSR count). The number of hydrogen-bond acceptors (Lipinski definition) is 4. The number of rotatable bonds is 9. The van der Waals surface area contributed by atoms with E-state index in [-0.39, 0.29) is 12.5 Å². The van der Waals surface area contributed by atoms with Gasteiger partial charge in [0.25, 0.3) is 0 Å². The van der Waals surface area contributed by atoms with Gasteiger partial charge in [0.05, 0.1) is 18.2 Å². The highest BCUT2D eigenvalue weighted by Gasteiger charge is 2.08. The molecular formula is C29H25N3O2. The van der Waals surface area contributed by atoms with Crippen LogP contribution < -0.4 is 15.4 Å². The van der Waals surface area contributed by atoms with E-state index in [1.807, 2.05) is 84.9 Å². The van der Waals surface area contributed by atoms with Crippen LogP contribution in [0.15, 0.2) is 103 Å². The van der Waals surface area contributed by atoms with Crippen LogP contribution in [-0.4, -0.2) is 12.5 Å². The third-order valence-electron chi connectivity index (χ3n) is 5.28. The summed E-state index contributed by atoms with van der Waals surface area (Å²) in [7, 11) is 0. The molecule has 5 nitrogen and oxygen atoms in total. The second-order valence-corrected chi connectivity index (χ2v) is 7.85. The standard InChI is InChI=1S/C29H25N3O2/c30-19-23-10-6-11-24(16-23)21-34-27-14-7-13-26(18-27)31-20-29(33)32-28-15-5-4-12-25(28)17-22-8-2-1-3-9-22/h1-16,18,31H,17,20-21H2,(H,32,33). The third kappa shape index (κ3) is 6.47. The fraction of sp³-hybridized carbons (Fsp3) is 0.103. The van der Waals surface area contributed by atoms with Crippen molar-refractivity contribution in [3.63, 3.8) is 0 Å². The van der Waals surface area contributed by atoms with Gasteiger partial charge in [-0.1, -0.05) is 66.7 Å². The Labute approximate surface area is 199 Å². The molecular weight excluding hydrogens is 422 g/mol. The molecule has 0 aliphatic heterocycles. The van der Waals surface area contributed by atoms with E-state index in [1.54, 1.807) is 6.07 Å². The Hall–Kier alpha value is -4.56. The van der Waals surface area contributed by atoms with Crippen molar-refractivity contribution in [1.82, 2.24) is 0 Å². The lowest BCUT2D eigenvalue weighted by Crippen LogP contribution is -2.22. The molecule has 0 spiro atoms. The fourth-order valence-electron chi connectivity index (χ4n) is 3.58. The minimum Gasteiger partial charge on any atom is -0.489 e. The molecule has 0 radical (unpaired) electrons. The number of amides is 1. The van der Waals surface area contributed by atoms with Gasteiger partial charge in [-0.15, -0.1) is 0 Å². The van der Waals surface area contributed by atoms with Crippen molar-refractivity contribution in [2.75, 3.05) is 17.2 Å². The van der Waals surface area contributed by atoms with Gasteiger partial charge in [0.1, 0.15) is 12.4 Å². The molecule has 1 amide bonds. The summed E-state index contributed by atoms with van der Waals surface area (Å²) < 4.78 is 5.86. The van der Waals surface area contributed by atoms with Crippen LogP contribution in [-0.2, 0) is 17.8 Å². The summed E-state index contributed by atoms with van der Waals surface area (Å²) in [6.45, 7) is 0.491. The molecule has 0 saturated carbocycles. The first kappa shape index (κ1) is 22.6. The quantitative estimate of drug-likeness (QED) is 0.341. The molecule has 0 fully saturated rings. The molecule has 168 valence electrons. The van der Waals surface area contributed by atoms with Crippen molar-refractivity contribution >= 4 is 17.3 Å². The summed E-state index contributed by atoms with van der Waals surface area (Å²) in [5, 5.41) is 15.2. The maximum Gasteiger partial charge on any atom is 0.243 e. The SMILES string of the molecule is N#Cc1cccc(COc2cccc(NCC(=O)Nc3ccccc3Cc3ccccc3)c2)c1. The molecule has 0 heterocycles. The minimum atomic E-state index is -0.125. The van der Waals surface area contributed by atoms with Gasteiger partial charge in [0, 0.05) is 17.4 Å². The molecule has 0 bridgehead atoms. The Bertz CT molecular complexity index is 1300. The molecule has 0 aliphatic carbocycles. The fourth-order valence-corrected chi connectivity index (χ4v) is 3.58. The van der Waals surface area contributed by atoms with Gasteiger partial charge in [-0.2, -0.15) is 5.26 Å². The number of carbonyl (C=O) groups excluding carboxylic acids is 1. The zero-order valence-electron chi connectivity index (χ0n) is 18.7. The number of nitrogens with zero attached hydrogens (tertiary/aromatic N) is 1. The number of carbonyl (C=O) groups is 1. The average molecular weight is 448 g/mol. The van der Waals surface area contributed by atoms with Gasteiger partial charge >= 0.3 is 0 Å². The lowest BCUT2D eigenvalue weighted by molar-refractivity contribution is -0.114. The monoisotopic (exact) mass is 447 g/mol. The molecule has 2 N–H and O–H groups in total. The van der Waals surface area contributed by atoms with Crippen LogP contribution >= 0.6 is 0 Å². The number of nitrogens with one attached hydrogen (secondary N) is 2. The zero-order chi connectivity index (χ0) is 23.6. The van der Waals surface area contributed by atoms with Crippen molar-refractivity contribution in [3.05, 3.63) is 125 Å². The van der Waals surface area contributed by atoms with E-state index in [9.17, 15) is 4.79 Å². The van der Waals surface area contributed by atoms with Crippen LogP contribution in [0.5, 0.6) is 5.75 Å².